The van der Waals surface area contributed by atoms with Gasteiger partial charge in [-0.15, -0.1) is 5.10 Å². The Morgan fingerprint density at radius 1 is 1.33 bits per heavy atom. The predicted molar refractivity (Wildman–Crippen MR) is 106 cm³/mol. The van der Waals surface area contributed by atoms with Gasteiger partial charge in [-0.3, -0.25) is 5.41 Å². The SMILES string of the molecule is CNCCNc1nn2ccccc2c1N=C1C=C(OCCO)C(N)=CC1=N. The third-order valence-electron chi connectivity index (χ3n) is 3.89. The maximum atomic E-state index is 8.96. The van der Waals surface area contributed by atoms with Crippen molar-refractivity contribution in [1.29, 1.82) is 5.41 Å². The minimum atomic E-state index is -0.123. The molecule has 9 heteroatoms. The highest BCUT2D eigenvalue weighted by Crippen LogP contribution is 2.30. The van der Waals surface area contributed by atoms with Crippen molar-refractivity contribution in [2.24, 2.45) is 10.7 Å². The van der Waals surface area contributed by atoms with Crippen molar-refractivity contribution in [1.82, 2.24) is 14.9 Å². The number of likely N-dealkylation sites (N-methyl/N-ethyl adjacent to an activating group) is 1. The minimum absolute atomic E-state index is 0.120. The summed E-state index contributed by atoms with van der Waals surface area (Å²) in [5.41, 5.74) is 8.28. The fraction of sp³-hybridized carbons (Fsp3) is 0.278. The molecule has 0 spiro atoms. The van der Waals surface area contributed by atoms with Gasteiger partial charge in [0.15, 0.2) is 5.82 Å². The van der Waals surface area contributed by atoms with E-state index in [4.69, 9.17) is 21.0 Å². The van der Waals surface area contributed by atoms with Gasteiger partial charge in [-0.1, -0.05) is 6.07 Å². The van der Waals surface area contributed by atoms with E-state index in [9.17, 15) is 0 Å². The number of aliphatic hydroxyl groups excluding tert-OH is 1. The molecule has 0 aliphatic heterocycles. The van der Waals surface area contributed by atoms with E-state index in [0.29, 0.717) is 35.2 Å². The van der Waals surface area contributed by atoms with Crippen LogP contribution in [0.2, 0.25) is 0 Å². The number of aromatic nitrogens is 2. The van der Waals surface area contributed by atoms with Crippen LogP contribution < -0.4 is 16.4 Å². The lowest BCUT2D eigenvalue weighted by Gasteiger charge is -2.15. The van der Waals surface area contributed by atoms with E-state index in [0.717, 1.165) is 12.1 Å². The number of pyridine rings is 1. The number of nitrogens with one attached hydrogen (secondary N) is 3. The van der Waals surface area contributed by atoms with E-state index in [-0.39, 0.29) is 18.9 Å². The van der Waals surface area contributed by atoms with Gasteiger partial charge in [-0.05, 0) is 25.3 Å². The van der Waals surface area contributed by atoms with Crippen LogP contribution >= 0.6 is 0 Å². The van der Waals surface area contributed by atoms with Gasteiger partial charge in [0.05, 0.1) is 29.2 Å². The van der Waals surface area contributed by atoms with Crippen LogP contribution in [0, 0.1) is 5.41 Å². The van der Waals surface area contributed by atoms with E-state index in [1.165, 1.54) is 6.08 Å². The number of hydrogen-bond acceptors (Lipinski definition) is 8. The molecule has 0 unspecified atom stereocenters. The maximum Gasteiger partial charge on any atom is 0.175 e. The van der Waals surface area contributed by atoms with Crippen LogP contribution in [0.3, 0.4) is 0 Å². The lowest BCUT2D eigenvalue weighted by atomic mass is 10.1. The van der Waals surface area contributed by atoms with E-state index in [1.807, 2.05) is 31.4 Å². The number of rotatable bonds is 8. The molecule has 2 aromatic heterocycles. The summed E-state index contributed by atoms with van der Waals surface area (Å²) in [5.74, 6) is 1.02. The van der Waals surface area contributed by atoms with E-state index in [2.05, 4.69) is 20.7 Å². The standard InChI is InChI=1S/C18H23N7O2/c1-21-5-6-22-18-17(15-4-2-3-7-25(15)24-18)23-14-11-16(27-9-8-26)13(20)10-12(14)19/h2-4,7,10-11,19,21,26H,5-6,8-9,20H2,1H3,(H,22,24). The third-order valence-corrected chi connectivity index (χ3v) is 3.89. The first-order valence-corrected chi connectivity index (χ1v) is 8.60. The van der Waals surface area contributed by atoms with Gasteiger partial charge >= 0.3 is 0 Å². The number of aliphatic imine (C=N–C) groups is 1. The van der Waals surface area contributed by atoms with Gasteiger partial charge in [0, 0.05) is 25.4 Å². The fourth-order valence-electron chi connectivity index (χ4n) is 2.60. The second-order valence-electron chi connectivity index (χ2n) is 5.85. The summed E-state index contributed by atoms with van der Waals surface area (Å²) in [4.78, 5) is 4.67. The molecule has 0 atom stereocenters. The molecule has 0 fully saturated rings. The zero-order valence-corrected chi connectivity index (χ0v) is 15.1. The van der Waals surface area contributed by atoms with Crippen LogP contribution in [-0.2, 0) is 4.74 Å². The highest BCUT2D eigenvalue weighted by Gasteiger charge is 2.18. The first kappa shape index (κ1) is 18.6. The molecule has 142 valence electrons. The van der Waals surface area contributed by atoms with Crippen LogP contribution in [0.15, 0.2) is 53.0 Å². The van der Waals surface area contributed by atoms with Crippen LogP contribution in [0.4, 0.5) is 11.5 Å². The summed E-state index contributed by atoms with van der Waals surface area (Å²) >= 11 is 0. The molecule has 6 N–H and O–H groups in total. The molecule has 1 aliphatic carbocycles. The molecule has 2 heterocycles. The van der Waals surface area contributed by atoms with E-state index >= 15 is 0 Å². The number of hydrogen-bond donors (Lipinski definition) is 5. The zero-order chi connectivity index (χ0) is 19.2. The molecular formula is C18H23N7O2. The normalized spacial score (nSPS) is 15.8. The van der Waals surface area contributed by atoms with Crippen molar-refractivity contribution in [3.05, 3.63) is 48.0 Å². The van der Waals surface area contributed by atoms with Gasteiger partial charge in [-0.25, -0.2) is 9.51 Å². The van der Waals surface area contributed by atoms with Crippen molar-refractivity contribution in [2.75, 3.05) is 38.7 Å². The number of ether oxygens (including phenoxy) is 1. The Bertz CT molecular complexity index is 927. The highest BCUT2D eigenvalue weighted by molar-refractivity contribution is 6.50. The van der Waals surface area contributed by atoms with Crippen LogP contribution in [0.5, 0.6) is 0 Å². The molecule has 0 saturated heterocycles. The molecule has 2 aromatic rings. The van der Waals surface area contributed by atoms with Gasteiger partial charge < -0.3 is 26.2 Å². The molecular weight excluding hydrogens is 346 g/mol. The Balaban J connectivity index is 2.01. The first-order valence-electron chi connectivity index (χ1n) is 8.60. The lowest BCUT2D eigenvalue weighted by molar-refractivity contribution is 0.149. The van der Waals surface area contributed by atoms with Crippen LogP contribution in [-0.4, -0.2) is 59.5 Å². The van der Waals surface area contributed by atoms with Crippen molar-refractivity contribution in [3.63, 3.8) is 0 Å². The largest absolute Gasteiger partial charge is 0.489 e. The Morgan fingerprint density at radius 2 is 2.19 bits per heavy atom. The molecule has 1 aliphatic rings. The summed E-state index contributed by atoms with van der Waals surface area (Å²) in [6.07, 6.45) is 4.94. The lowest BCUT2D eigenvalue weighted by Crippen LogP contribution is -2.20. The number of nitrogens with two attached hydrogens (primary N) is 1. The van der Waals surface area contributed by atoms with Gasteiger partial charge in [-0.2, -0.15) is 0 Å². The molecule has 27 heavy (non-hydrogen) atoms. The van der Waals surface area contributed by atoms with Crippen molar-refractivity contribution in [3.8, 4) is 0 Å². The second kappa shape index (κ2) is 8.47. The number of aliphatic hydroxyl groups is 1. The van der Waals surface area contributed by atoms with E-state index < -0.39 is 0 Å². The average molecular weight is 369 g/mol. The molecule has 9 nitrogen and oxygen atoms in total. The summed E-state index contributed by atoms with van der Waals surface area (Å²) in [5, 5.41) is 28.0. The van der Waals surface area contributed by atoms with Crippen LogP contribution in [0.1, 0.15) is 0 Å². The Hall–Kier alpha value is -3.17. The smallest absolute Gasteiger partial charge is 0.175 e. The fourth-order valence-corrected chi connectivity index (χ4v) is 2.60. The molecule has 3 rings (SSSR count). The summed E-state index contributed by atoms with van der Waals surface area (Å²) in [7, 11) is 1.88. The second-order valence-corrected chi connectivity index (χ2v) is 5.85. The van der Waals surface area contributed by atoms with Crippen molar-refractivity contribution >= 4 is 28.4 Å². The number of fused-ring (bicyclic) bond motifs is 1. The number of nitrogens with zero attached hydrogens (tertiary/aromatic N) is 3. The highest BCUT2D eigenvalue weighted by atomic mass is 16.5. The zero-order valence-electron chi connectivity index (χ0n) is 15.1. The van der Waals surface area contributed by atoms with Crippen LogP contribution in [0.25, 0.3) is 5.52 Å². The summed E-state index contributed by atoms with van der Waals surface area (Å²) in [6, 6.07) is 5.72. The molecule has 0 bridgehead atoms. The Labute approximate surface area is 156 Å². The number of anilines is 1. The number of allylic oxidation sites excluding steroid dienone is 2. The van der Waals surface area contributed by atoms with Gasteiger partial charge in [0.2, 0.25) is 0 Å². The Kier molecular flexibility index (Phi) is 5.84. The van der Waals surface area contributed by atoms with Gasteiger partial charge in [0.25, 0.3) is 0 Å². The predicted octanol–water partition coefficient (Wildman–Crippen LogP) is 0.807. The van der Waals surface area contributed by atoms with Crippen molar-refractivity contribution in [2.45, 2.75) is 0 Å². The molecule has 0 aromatic carbocycles. The van der Waals surface area contributed by atoms with Gasteiger partial charge in [0.1, 0.15) is 18.1 Å². The molecule has 0 radical (unpaired) electrons. The minimum Gasteiger partial charge on any atom is -0.489 e. The summed E-state index contributed by atoms with van der Waals surface area (Å²) in [6.45, 7) is 1.46. The quantitative estimate of drug-likeness (QED) is 0.345. The first-order chi connectivity index (χ1) is 13.1. The monoisotopic (exact) mass is 369 g/mol. The van der Waals surface area contributed by atoms with Crippen molar-refractivity contribution < 1.29 is 9.84 Å². The Morgan fingerprint density at radius 3 is 2.96 bits per heavy atom. The summed E-state index contributed by atoms with van der Waals surface area (Å²) < 4.78 is 7.18. The van der Waals surface area contributed by atoms with E-state index in [1.54, 1.807) is 10.6 Å². The maximum absolute atomic E-state index is 8.96. The topological polar surface area (TPSA) is 133 Å². The molecule has 0 saturated carbocycles. The average Bonchev–Trinajstić information content (AvgIpc) is 3.01. The molecule has 0 amide bonds. The third kappa shape index (κ3) is 4.15.